The SMILES string of the molecule is Cc1ccc(NC(=O)CCN2CCN(C=O)CC2)cc1Cl. The summed E-state index contributed by atoms with van der Waals surface area (Å²) in [6, 6.07) is 5.50. The van der Waals surface area contributed by atoms with Gasteiger partial charge < -0.3 is 10.2 Å². The van der Waals surface area contributed by atoms with Crippen molar-refractivity contribution in [3.8, 4) is 0 Å². The molecular weight excluding hydrogens is 290 g/mol. The highest BCUT2D eigenvalue weighted by atomic mass is 35.5. The van der Waals surface area contributed by atoms with Crippen LogP contribution in [-0.4, -0.2) is 54.8 Å². The second kappa shape index (κ2) is 7.43. The van der Waals surface area contributed by atoms with Gasteiger partial charge >= 0.3 is 0 Å². The number of nitrogens with zero attached hydrogens (tertiary/aromatic N) is 2. The molecule has 5 nitrogen and oxygen atoms in total. The zero-order chi connectivity index (χ0) is 15.2. The molecule has 1 aliphatic heterocycles. The molecule has 2 rings (SSSR count). The van der Waals surface area contributed by atoms with E-state index in [-0.39, 0.29) is 5.91 Å². The summed E-state index contributed by atoms with van der Waals surface area (Å²) in [6.45, 7) is 5.74. The number of benzene rings is 1. The summed E-state index contributed by atoms with van der Waals surface area (Å²) in [5, 5.41) is 3.50. The Morgan fingerprint density at radius 2 is 2.05 bits per heavy atom. The molecule has 0 bridgehead atoms. The maximum absolute atomic E-state index is 11.9. The van der Waals surface area contributed by atoms with Crippen LogP contribution in [0.2, 0.25) is 5.02 Å². The Morgan fingerprint density at radius 3 is 2.67 bits per heavy atom. The lowest BCUT2D eigenvalue weighted by atomic mass is 10.2. The summed E-state index contributed by atoms with van der Waals surface area (Å²) >= 11 is 6.03. The van der Waals surface area contributed by atoms with Crippen molar-refractivity contribution >= 4 is 29.6 Å². The average Bonchev–Trinajstić information content (AvgIpc) is 2.49. The highest BCUT2D eigenvalue weighted by molar-refractivity contribution is 6.31. The fraction of sp³-hybridized carbons (Fsp3) is 0.467. The Bertz CT molecular complexity index is 514. The molecule has 6 heteroatoms. The number of aryl methyl sites for hydroxylation is 1. The van der Waals surface area contributed by atoms with Gasteiger partial charge in [-0.15, -0.1) is 0 Å². The number of hydrogen-bond donors (Lipinski definition) is 1. The minimum atomic E-state index is -0.0206. The van der Waals surface area contributed by atoms with E-state index in [1.54, 1.807) is 11.0 Å². The number of carbonyl (C=O) groups is 2. The summed E-state index contributed by atoms with van der Waals surface area (Å²) in [5.41, 5.74) is 1.71. The summed E-state index contributed by atoms with van der Waals surface area (Å²) in [6.07, 6.45) is 1.32. The highest BCUT2D eigenvalue weighted by Gasteiger charge is 2.16. The van der Waals surface area contributed by atoms with E-state index >= 15 is 0 Å². The number of anilines is 1. The van der Waals surface area contributed by atoms with Crippen LogP contribution >= 0.6 is 11.6 Å². The van der Waals surface area contributed by atoms with E-state index in [1.807, 2.05) is 19.1 Å². The first kappa shape index (κ1) is 15.8. The van der Waals surface area contributed by atoms with Gasteiger partial charge in [0.15, 0.2) is 0 Å². The summed E-state index contributed by atoms with van der Waals surface area (Å²) in [5.74, 6) is -0.0206. The predicted molar refractivity (Wildman–Crippen MR) is 83.5 cm³/mol. The molecule has 1 aromatic rings. The van der Waals surface area contributed by atoms with Crippen molar-refractivity contribution in [2.45, 2.75) is 13.3 Å². The van der Waals surface area contributed by atoms with E-state index in [4.69, 9.17) is 11.6 Å². The monoisotopic (exact) mass is 309 g/mol. The minimum Gasteiger partial charge on any atom is -0.343 e. The van der Waals surface area contributed by atoms with Crippen molar-refractivity contribution in [3.05, 3.63) is 28.8 Å². The van der Waals surface area contributed by atoms with Gasteiger partial charge in [-0.25, -0.2) is 0 Å². The molecule has 0 aromatic heterocycles. The standard InChI is InChI=1S/C15H20ClN3O2/c1-12-2-3-13(10-14(12)16)17-15(21)4-5-18-6-8-19(11-20)9-7-18/h2-3,10-11H,4-9H2,1H3,(H,17,21). The smallest absolute Gasteiger partial charge is 0.225 e. The quantitative estimate of drug-likeness (QED) is 0.843. The van der Waals surface area contributed by atoms with Crippen molar-refractivity contribution in [1.29, 1.82) is 0 Å². The van der Waals surface area contributed by atoms with Gasteiger partial charge in [-0.3, -0.25) is 14.5 Å². The van der Waals surface area contributed by atoms with Crippen LogP contribution in [0.3, 0.4) is 0 Å². The molecule has 114 valence electrons. The van der Waals surface area contributed by atoms with Gasteiger partial charge in [0, 0.05) is 49.9 Å². The molecule has 0 unspecified atom stereocenters. The molecule has 0 atom stereocenters. The van der Waals surface area contributed by atoms with Crippen LogP contribution in [0.25, 0.3) is 0 Å². The van der Waals surface area contributed by atoms with E-state index in [9.17, 15) is 9.59 Å². The Morgan fingerprint density at radius 1 is 1.33 bits per heavy atom. The molecular formula is C15H20ClN3O2. The molecule has 0 spiro atoms. The van der Waals surface area contributed by atoms with Crippen molar-refractivity contribution < 1.29 is 9.59 Å². The van der Waals surface area contributed by atoms with Crippen LogP contribution in [0.4, 0.5) is 5.69 Å². The number of halogens is 1. The van der Waals surface area contributed by atoms with Gasteiger partial charge in [0.1, 0.15) is 0 Å². The van der Waals surface area contributed by atoms with Crippen LogP contribution < -0.4 is 5.32 Å². The molecule has 1 heterocycles. The van der Waals surface area contributed by atoms with Crippen LogP contribution in [0.5, 0.6) is 0 Å². The molecule has 1 aromatic carbocycles. The third-order valence-electron chi connectivity index (χ3n) is 3.67. The van der Waals surface area contributed by atoms with Gasteiger partial charge in [-0.05, 0) is 24.6 Å². The number of nitrogens with one attached hydrogen (secondary N) is 1. The molecule has 1 saturated heterocycles. The van der Waals surface area contributed by atoms with Crippen LogP contribution in [0, 0.1) is 6.92 Å². The highest BCUT2D eigenvalue weighted by Crippen LogP contribution is 2.20. The fourth-order valence-corrected chi connectivity index (χ4v) is 2.43. The van der Waals surface area contributed by atoms with Crippen LogP contribution in [0.15, 0.2) is 18.2 Å². The fourth-order valence-electron chi connectivity index (χ4n) is 2.25. The molecule has 1 fully saturated rings. The maximum atomic E-state index is 11.9. The molecule has 0 radical (unpaired) electrons. The van der Waals surface area contributed by atoms with E-state index in [0.29, 0.717) is 18.0 Å². The first-order valence-corrected chi connectivity index (χ1v) is 7.44. The molecule has 2 amide bonds. The summed E-state index contributed by atoms with van der Waals surface area (Å²) in [4.78, 5) is 26.5. The van der Waals surface area contributed by atoms with Gasteiger partial charge in [0.2, 0.25) is 12.3 Å². The number of rotatable bonds is 5. The summed E-state index contributed by atoms with van der Waals surface area (Å²) < 4.78 is 0. The van der Waals surface area contributed by atoms with E-state index in [0.717, 1.165) is 43.8 Å². The lowest BCUT2D eigenvalue weighted by Crippen LogP contribution is -2.46. The van der Waals surface area contributed by atoms with Crippen LogP contribution in [-0.2, 0) is 9.59 Å². The third kappa shape index (κ3) is 4.72. The second-order valence-electron chi connectivity index (χ2n) is 5.25. The Hall–Kier alpha value is -1.59. The number of carbonyl (C=O) groups excluding carboxylic acids is 2. The van der Waals surface area contributed by atoms with Crippen LogP contribution in [0.1, 0.15) is 12.0 Å². The first-order valence-electron chi connectivity index (χ1n) is 7.06. The Kier molecular flexibility index (Phi) is 5.59. The number of piperazine rings is 1. The Balaban J connectivity index is 1.75. The molecule has 0 saturated carbocycles. The van der Waals surface area contributed by atoms with E-state index in [1.165, 1.54) is 0 Å². The lowest BCUT2D eigenvalue weighted by Gasteiger charge is -2.32. The first-order chi connectivity index (χ1) is 10.1. The predicted octanol–water partition coefficient (Wildman–Crippen LogP) is 1.75. The topological polar surface area (TPSA) is 52.7 Å². The zero-order valence-electron chi connectivity index (χ0n) is 12.1. The third-order valence-corrected chi connectivity index (χ3v) is 4.07. The van der Waals surface area contributed by atoms with Gasteiger partial charge in [0.05, 0.1) is 0 Å². The average molecular weight is 310 g/mol. The number of amides is 2. The largest absolute Gasteiger partial charge is 0.343 e. The minimum absolute atomic E-state index is 0.0206. The zero-order valence-corrected chi connectivity index (χ0v) is 12.9. The van der Waals surface area contributed by atoms with Crippen molar-refractivity contribution in [3.63, 3.8) is 0 Å². The van der Waals surface area contributed by atoms with Crippen molar-refractivity contribution in [2.24, 2.45) is 0 Å². The van der Waals surface area contributed by atoms with Gasteiger partial charge in [-0.1, -0.05) is 17.7 Å². The van der Waals surface area contributed by atoms with Gasteiger partial charge in [0.25, 0.3) is 0 Å². The van der Waals surface area contributed by atoms with Gasteiger partial charge in [-0.2, -0.15) is 0 Å². The maximum Gasteiger partial charge on any atom is 0.225 e. The second-order valence-corrected chi connectivity index (χ2v) is 5.65. The number of hydrogen-bond acceptors (Lipinski definition) is 3. The molecule has 1 N–H and O–H groups in total. The van der Waals surface area contributed by atoms with E-state index < -0.39 is 0 Å². The van der Waals surface area contributed by atoms with E-state index in [2.05, 4.69) is 10.2 Å². The molecule has 0 aliphatic carbocycles. The van der Waals surface area contributed by atoms with Crippen molar-refractivity contribution in [2.75, 3.05) is 38.0 Å². The Labute approximate surface area is 129 Å². The molecule has 21 heavy (non-hydrogen) atoms. The summed E-state index contributed by atoms with van der Waals surface area (Å²) in [7, 11) is 0. The lowest BCUT2D eigenvalue weighted by molar-refractivity contribution is -0.120. The normalized spacial score (nSPS) is 15.8. The van der Waals surface area contributed by atoms with Crippen molar-refractivity contribution in [1.82, 2.24) is 9.80 Å². The molecule has 1 aliphatic rings.